The monoisotopic (exact) mass is 233 g/mol. The Kier molecular flexibility index (Phi) is 2.90. The van der Waals surface area contributed by atoms with Gasteiger partial charge in [0.15, 0.2) is 0 Å². The molecule has 0 radical (unpaired) electrons. The molecule has 92 valence electrons. The maximum atomic E-state index is 13.5. The molecule has 2 rings (SSSR count). The number of aliphatic carboxylic acids is 1. The van der Waals surface area contributed by atoms with Crippen molar-refractivity contribution in [2.75, 3.05) is 13.1 Å². The third kappa shape index (κ3) is 1.81. The summed E-state index contributed by atoms with van der Waals surface area (Å²) in [5, 5.41) is 9.00. The fraction of sp³-hybridized carbons (Fsp3) is 0.909. The van der Waals surface area contributed by atoms with Gasteiger partial charge in [0, 0.05) is 25.4 Å². The minimum Gasteiger partial charge on any atom is -0.480 e. The van der Waals surface area contributed by atoms with Crippen LogP contribution >= 0.6 is 0 Å². The summed E-state index contributed by atoms with van der Waals surface area (Å²) in [6.07, 6.45) is 0.977. The van der Waals surface area contributed by atoms with Gasteiger partial charge in [-0.1, -0.05) is 6.92 Å². The number of rotatable bonds is 3. The predicted octanol–water partition coefficient (Wildman–Crippen LogP) is 1.83. The summed E-state index contributed by atoms with van der Waals surface area (Å²) in [7, 11) is 0. The number of nitrogens with zero attached hydrogens (tertiary/aromatic N) is 1. The number of carboxylic acid groups (broad SMARTS) is 1. The Labute approximate surface area is 93.4 Å². The van der Waals surface area contributed by atoms with Crippen molar-refractivity contribution in [1.29, 1.82) is 0 Å². The summed E-state index contributed by atoms with van der Waals surface area (Å²) in [4.78, 5) is 12.7. The minimum atomic E-state index is -2.59. The third-order valence-corrected chi connectivity index (χ3v) is 3.97. The second-order valence-corrected chi connectivity index (χ2v) is 4.88. The fourth-order valence-corrected chi connectivity index (χ4v) is 3.08. The largest absolute Gasteiger partial charge is 0.480 e. The lowest BCUT2D eigenvalue weighted by Crippen LogP contribution is -2.40. The van der Waals surface area contributed by atoms with Crippen LogP contribution in [0.15, 0.2) is 0 Å². The molecule has 2 aliphatic rings. The van der Waals surface area contributed by atoms with Gasteiger partial charge in [0.05, 0.1) is 0 Å². The zero-order chi connectivity index (χ0) is 11.9. The highest BCUT2D eigenvalue weighted by atomic mass is 19.3. The average molecular weight is 233 g/mol. The van der Waals surface area contributed by atoms with Crippen molar-refractivity contribution in [1.82, 2.24) is 4.90 Å². The van der Waals surface area contributed by atoms with Crippen LogP contribution in [0, 0.1) is 11.8 Å². The van der Waals surface area contributed by atoms with Gasteiger partial charge >= 0.3 is 5.97 Å². The van der Waals surface area contributed by atoms with Crippen molar-refractivity contribution in [3.05, 3.63) is 0 Å². The highest BCUT2D eigenvalue weighted by molar-refractivity contribution is 5.73. The van der Waals surface area contributed by atoms with E-state index in [0.29, 0.717) is 19.4 Å². The Bertz CT molecular complexity index is 296. The minimum absolute atomic E-state index is 0.0107. The van der Waals surface area contributed by atoms with Crippen molar-refractivity contribution in [3.63, 3.8) is 0 Å². The van der Waals surface area contributed by atoms with Crippen LogP contribution in [-0.4, -0.2) is 41.0 Å². The van der Waals surface area contributed by atoms with Crippen LogP contribution in [0.4, 0.5) is 8.78 Å². The van der Waals surface area contributed by atoms with Gasteiger partial charge in [-0.2, -0.15) is 0 Å². The Morgan fingerprint density at radius 2 is 2.25 bits per heavy atom. The first-order valence-electron chi connectivity index (χ1n) is 5.80. The van der Waals surface area contributed by atoms with Crippen LogP contribution in [0.2, 0.25) is 0 Å². The van der Waals surface area contributed by atoms with E-state index in [9.17, 15) is 13.6 Å². The summed E-state index contributed by atoms with van der Waals surface area (Å²) in [6, 6.07) is -0.596. The zero-order valence-electron chi connectivity index (χ0n) is 9.33. The highest BCUT2D eigenvalue weighted by Gasteiger charge is 2.54. The van der Waals surface area contributed by atoms with Crippen LogP contribution in [0.1, 0.15) is 26.2 Å². The van der Waals surface area contributed by atoms with Gasteiger partial charge in [0.25, 0.3) is 5.92 Å². The van der Waals surface area contributed by atoms with E-state index in [1.54, 1.807) is 11.8 Å². The number of hydrogen-bond acceptors (Lipinski definition) is 2. The molecule has 1 aliphatic carbocycles. The molecule has 1 saturated carbocycles. The van der Waals surface area contributed by atoms with E-state index in [1.807, 2.05) is 0 Å². The number of carboxylic acids is 1. The topological polar surface area (TPSA) is 40.5 Å². The van der Waals surface area contributed by atoms with Crippen LogP contribution in [0.3, 0.4) is 0 Å². The van der Waals surface area contributed by atoms with E-state index in [0.717, 1.165) is 0 Å². The molecule has 1 heterocycles. The van der Waals surface area contributed by atoms with E-state index < -0.39 is 23.9 Å². The maximum Gasteiger partial charge on any atom is 0.320 e. The van der Waals surface area contributed by atoms with E-state index in [1.165, 1.54) is 0 Å². The maximum absolute atomic E-state index is 13.5. The van der Waals surface area contributed by atoms with E-state index >= 15 is 0 Å². The fourth-order valence-electron chi connectivity index (χ4n) is 3.08. The first kappa shape index (κ1) is 11.8. The zero-order valence-corrected chi connectivity index (χ0v) is 9.33. The highest BCUT2D eigenvalue weighted by Crippen LogP contribution is 2.48. The molecule has 0 amide bonds. The molecule has 1 N–H and O–H groups in total. The van der Waals surface area contributed by atoms with E-state index in [2.05, 4.69) is 0 Å². The molecule has 16 heavy (non-hydrogen) atoms. The lowest BCUT2D eigenvalue weighted by atomic mass is 9.99. The Balaban J connectivity index is 2.06. The van der Waals surface area contributed by atoms with Gasteiger partial charge in [-0.15, -0.1) is 0 Å². The Morgan fingerprint density at radius 3 is 2.75 bits per heavy atom. The van der Waals surface area contributed by atoms with Gasteiger partial charge in [0.2, 0.25) is 0 Å². The third-order valence-electron chi connectivity index (χ3n) is 3.97. The van der Waals surface area contributed by atoms with Crippen molar-refractivity contribution < 1.29 is 18.7 Å². The van der Waals surface area contributed by atoms with Crippen molar-refractivity contribution in [2.45, 2.75) is 38.2 Å². The summed E-state index contributed by atoms with van der Waals surface area (Å²) < 4.78 is 26.9. The number of likely N-dealkylation sites (tertiary alicyclic amines) is 1. The summed E-state index contributed by atoms with van der Waals surface area (Å²) in [6.45, 7) is 2.54. The average Bonchev–Trinajstić information content (AvgIpc) is 2.69. The van der Waals surface area contributed by atoms with Gasteiger partial charge in [-0.25, -0.2) is 8.78 Å². The molecule has 0 aromatic heterocycles. The normalized spacial score (nSPS) is 34.9. The molecule has 0 aromatic rings. The molecule has 2 fully saturated rings. The summed E-state index contributed by atoms with van der Waals surface area (Å²) in [5.74, 6) is -4.12. The van der Waals surface area contributed by atoms with Crippen LogP contribution in [0.25, 0.3) is 0 Å². The molecule has 3 atom stereocenters. The first-order chi connectivity index (χ1) is 7.45. The molecule has 0 aromatic carbocycles. The van der Waals surface area contributed by atoms with Crippen molar-refractivity contribution in [2.24, 2.45) is 11.8 Å². The molecule has 3 nitrogen and oxygen atoms in total. The smallest absolute Gasteiger partial charge is 0.320 e. The second-order valence-electron chi connectivity index (χ2n) is 4.88. The quantitative estimate of drug-likeness (QED) is 0.808. The van der Waals surface area contributed by atoms with Crippen LogP contribution < -0.4 is 0 Å². The van der Waals surface area contributed by atoms with Crippen LogP contribution in [-0.2, 0) is 4.79 Å². The van der Waals surface area contributed by atoms with Crippen molar-refractivity contribution in [3.8, 4) is 0 Å². The molecule has 5 heteroatoms. The standard InChI is InChI=1S/C11H17F2NO2/c1-2-9(10(15)16)14-5-7-3-4-11(12,13)8(7)6-14/h7-9H,2-6H2,1H3,(H,15,16)/t7-,8+,9+/m0/s1. The van der Waals surface area contributed by atoms with Gasteiger partial charge < -0.3 is 5.11 Å². The lowest BCUT2D eigenvalue weighted by molar-refractivity contribution is -0.143. The Morgan fingerprint density at radius 1 is 1.56 bits per heavy atom. The van der Waals surface area contributed by atoms with Gasteiger partial charge in [-0.05, 0) is 18.8 Å². The van der Waals surface area contributed by atoms with E-state index in [-0.39, 0.29) is 18.9 Å². The molecule has 1 aliphatic heterocycles. The number of hydrogen-bond donors (Lipinski definition) is 1. The molecular formula is C11H17F2NO2. The number of alkyl halides is 2. The van der Waals surface area contributed by atoms with Gasteiger partial charge in [-0.3, -0.25) is 9.69 Å². The number of carbonyl (C=O) groups is 1. The van der Waals surface area contributed by atoms with Crippen molar-refractivity contribution >= 4 is 5.97 Å². The number of halogens is 2. The first-order valence-corrected chi connectivity index (χ1v) is 5.80. The predicted molar refractivity (Wildman–Crippen MR) is 54.4 cm³/mol. The second kappa shape index (κ2) is 3.95. The molecular weight excluding hydrogens is 216 g/mol. The summed E-state index contributed by atoms with van der Waals surface area (Å²) >= 11 is 0. The van der Waals surface area contributed by atoms with Gasteiger partial charge in [0.1, 0.15) is 6.04 Å². The Hall–Kier alpha value is -0.710. The molecule has 0 bridgehead atoms. The SMILES string of the molecule is CC[C@H](C(=O)O)N1C[C@@H]2CCC(F)(F)[C@@H]2C1. The molecule has 0 unspecified atom stereocenters. The summed E-state index contributed by atoms with van der Waals surface area (Å²) in [5.41, 5.74) is 0. The van der Waals surface area contributed by atoms with E-state index in [4.69, 9.17) is 5.11 Å². The lowest BCUT2D eigenvalue weighted by Gasteiger charge is -2.25. The molecule has 0 spiro atoms. The van der Waals surface area contributed by atoms with Crippen LogP contribution in [0.5, 0.6) is 0 Å². The molecule has 1 saturated heterocycles. The number of fused-ring (bicyclic) bond motifs is 1.